The maximum absolute atomic E-state index is 13.0. The SMILES string of the molecule is COC(=O)/C=C/c1ccc(C(OC)=C2C3CC4CC(C3)CC2C4)c(Cl)c1OCc1ccc(NS(=O)(=O)c2ccc([N+](=O)[O-])cc2[N+](=O)[O-])cc1. The van der Waals surface area contributed by atoms with Crippen molar-refractivity contribution in [3.05, 3.63) is 108 Å². The molecule has 0 atom stereocenters. The maximum Gasteiger partial charge on any atom is 0.330 e. The van der Waals surface area contributed by atoms with E-state index in [1.807, 2.05) is 6.07 Å². The summed E-state index contributed by atoms with van der Waals surface area (Å²) in [6, 6.07) is 12.1. The lowest BCUT2D eigenvalue weighted by atomic mass is 9.54. The number of non-ortho nitro benzene ring substituents is 1. The molecule has 0 radical (unpaired) electrons. The van der Waals surface area contributed by atoms with E-state index in [0.29, 0.717) is 45.4 Å². The fourth-order valence-electron chi connectivity index (χ4n) is 7.72. The Morgan fingerprint density at radius 3 is 2.16 bits per heavy atom. The number of carbonyl (C=O) groups excluding carboxylic acids is 1. The second kappa shape index (κ2) is 14.1. The third-order valence-electron chi connectivity index (χ3n) is 9.69. The Balaban J connectivity index is 1.25. The van der Waals surface area contributed by atoms with Crippen molar-refractivity contribution >= 4 is 56.5 Å². The van der Waals surface area contributed by atoms with Crippen LogP contribution in [0.3, 0.4) is 0 Å². The minimum Gasteiger partial charge on any atom is -0.496 e. The third kappa shape index (κ3) is 7.03. The maximum atomic E-state index is 13.0. The molecule has 4 saturated carbocycles. The number of methoxy groups -OCH3 is 2. The van der Waals surface area contributed by atoms with Gasteiger partial charge in [0, 0.05) is 29.0 Å². The van der Waals surface area contributed by atoms with E-state index in [1.165, 1.54) is 37.3 Å². The first-order valence-electron chi connectivity index (χ1n) is 15.9. The topological polar surface area (TPSA) is 177 Å². The van der Waals surface area contributed by atoms with Crippen molar-refractivity contribution in [3.8, 4) is 5.75 Å². The highest BCUT2D eigenvalue weighted by Crippen LogP contribution is 2.58. The number of hydrogen-bond donors (Lipinski definition) is 1. The zero-order valence-electron chi connectivity index (χ0n) is 27.2. The van der Waals surface area contributed by atoms with E-state index in [-0.39, 0.29) is 12.3 Å². The largest absolute Gasteiger partial charge is 0.496 e. The van der Waals surface area contributed by atoms with Crippen LogP contribution in [0.4, 0.5) is 17.1 Å². The van der Waals surface area contributed by atoms with Gasteiger partial charge in [-0.2, -0.15) is 0 Å². The Morgan fingerprint density at radius 1 is 0.920 bits per heavy atom. The molecule has 13 nitrogen and oxygen atoms in total. The van der Waals surface area contributed by atoms with Gasteiger partial charge < -0.3 is 14.2 Å². The zero-order chi connectivity index (χ0) is 35.7. The fourth-order valence-corrected chi connectivity index (χ4v) is 9.24. The number of halogens is 1. The lowest BCUT2D eigenvalue weighted by Crippen LogP contribution is -2.40. The Hall–Kier alpha value is -4.95. The van der Waals surface area contributed by atoms with Crippen molar-refractivity contribution in [2.45, 2.75) is 43.6 Å². The fraction of sp³-hybridized carbons (Fsp3) is 0.343. The van der Waals surface area contributed by atoms with Gasteiger partial charge in [0.15, 0.2) is 4.90 Å². The number of allylic oxidation sites excluding steroid dienone is 1. The van der Waals surface area contributed by atoms with Crippen LogP contribution in [0.15, 0.2) is 71.1 Å². The lowest BCUT2D eigenvalue weighted by Gasteiger charge is -2.51. The van der Waals surface area contributed by atoms with Gasteiger partial charge in [-0.05, 0) is 97.3 Å². The van der Waals surface area contributed by atoms with Crippen molar-refractivity contribution in [2.24, 2.45) is 23.7 Å². The molecule has 4 fully saturated rings. The molecule has 3 aromatic carbocycles. The first-order chi connectivity index (χ1) is 23.9. The van der Waals surface area contributed by atoms with Crippen molar-refractivity contribution < 1.29 is 37.3 Å². The van der Waals surface area contributed by atoms with Crippen LogP contribution >= 0.6 is 11.6 Å². The minimum atomic E-state index is -4.48. The number of hydrogen-bond acceptors (Lipinski definition) is 10. The van der Waals surface area contributed by atoms with Gasteiger partial charge in [-0.15, -0.1) is 0 Å². The first-order valence-corrected chi connectivity index (χ1v) is 17.8. The number of carbonyl (C=O) groups is 1. The molecule has 0 aromatic heterocycles. The van der Waals surface area contributed by atoms with Crippen LogP contribution in [-0.4, -0.2) is 38.5 Å². The molecule has 0 amide bonds. The predicted octanol–water partition coefficient (Wildman–Crippen LogP) is 7.54. The van der Waals surface area contributed by atoms with Gasteiger partial charge in [-0.25, -0.2) is 13.2 Å². The van der Waals surface area contributed by atoms with Crippen LogP contribution in [0.1, 0.15) is 48.8 Å². The van der Waals surface area contributed by atoms with E-state index < -0.39 is 42.1 Å². The standard InChI is InChI=1S/C35H34ClN3O10S/c1-47-31(40)12-6-23-5-10-28(35(48-2)32-24-14-21-13-22(16-24)17-25(32)15-21)33(36)34(23)49-19-20-3-7-26(8-4-20)37-50(45,46)30-11-9-27(38(41)42)18-29(30)39(43)44/h3-12,18,21-22,24-25,37H,13-17,19H2,1-2H3/b12-6+,35-32?. The molecule has 262 valence electrons. The summed E-state index contributed by atoms with van der Waals surface area (Å²) in [5.41, 5.74) is 1.74. The van der Waals surface area contributed by atoms with Crippen LogP contribution in [0.5, 0.6) is 5.75 Å². The summed E-state index contributed by atoms with van der Waals surface area (Å²) in [6.07, 6.45) is 8.77. The second-order valence-electron chi connectivity index (χ2n) is 12.8. The van der Waals surface area contributed by atoms with Crippen LogP contribution in [-0.2, 0) is 30.9 Å². The molecule has 4 aliphatic rings. The third-order valence-corrected chi connectivity index (χ3v) is 11.5. The van der Waals surface area contributed by atoms with Gasteiger partial charge >= 0.3 is 5.97 Å². The highest BCUT2D eigenvalue weighted by atomic mass is 35.5. The van der Waals surface area contributed by atoms with Crippen LogP contribution in [0, 0.1) is 43.9 Å². The predicted molar refractivity (Wildman–Crippen MR) is 185 cm³/mol. The molecule has 0 spiro atoms. The highest BCUT2D eigenvalue weighted by Gasteiger charge is 2.47. The summed E-state index contributed by atoms with van der Waals surface area (Å²) in [7, 11) is -1.55. The van der Waals surface area contributed by atoms with Crippen LogP contribution in [0.25, 0.3) is 11.8 Å². The molecule has 4 aliphatic carbocycles. The Bertz CT molecular complexity index is 2000. The number of nitro benzene ring substituents is 2. The monoisotopic (exact) mass is 723 g/mol. The number of anilines is 1. The highest BCUT2D eigenvalue weighted by molar-refractivity contribution is 7.92. The Morgan fingerprint density at radius 2 is 1.58 bits per heavy atom. The number of benzene rings is 3. The number of rotatable bonds is 12. The van der Waals surface area contributed by atoms with Crippen molar-refractivity contribution in [3.63, 3.8) is 0 Å². The number of nitrogens with one attached hydrogen (secondary N) is 1. The summed E-state index contributed by atoms with van der Waals surface area (Å²) in [6.45, 7) is 0.0105. The van der Waals surface area contributed by atoms with Gasteiger partial charge in [-0.3, -0.25) is 25.0 Å². The van der Waals surface area contributed by atoms with Gasteiger partial charge in [0.2, 0.25) is 0 Å². The second-order valence-corrected chi connectivity index (χ2v) is 14.8. The van der Waals surface area contributed by atoms with Gasteiger partial charge in [0.1, 0.15) is 18.1 Å². The molecule has 15 heteroatoms. The van der Waals surface area contributed by atoms with E-state index in [4.69, 9.17) is 25.8 Å². The molecule has 0 aliphatic heterocycles. The van der Waals surface area contributed by atoms with Crippen molar-refractivity contribution in [1.29, 1.82) is 0 Å². The molecule has 0 unspecified atom stereocenters. The number of esters is 1. The van der Waals surface area contributed by atoms with Crippen LogP contribution in [0.2, 0.25) is 5.02 Å². The van der Waals surface area contributed by atoms with E-state index in [1.54, 1.807) is 31.4 Å². The molecule has 4 bridgehead atoms. The number of sulfonamides is 1. The van der Waals surface area contributed by atoms with Crippen LogP contribution < -0.4 is 9.46 Å². The number of nitro groups is 2. The number of ether oxygens (including phenoxy) is 3. The summed E-state index contributed by atoms with van der Waals surface area (Å²) in [5, 5.41) is 22.9. The van der Waals surface area contributed by atoms with E-state index >= 15 is 0 Å². The molecule has 0 saturated heterocycles. The average Bonchev–Trinajstić information content (AvgIpc) is 3.08. The van der Waals surface area contributed by atoms with E-state index in [0.717, 1.165) is 55.4 Å². The van der Waals surface area contributed by atoms with Gasteiger partial charge in [0.05, 0.1) is 35.2 Å². The molecule has 0 heterocycles. The van der Waals surface area contributed by atoms with Gasteiger partial charge in [-0.1, -0.05) is 29.8 Å². The quantitative estimate of drug-likeness (QED) is 0.0646. The summed E-state index contributed by atoms with van der Waals surface area (Å²) < 4.78 is 45.4. The first kappa shape index (κ1) is 34.9. The molecular formula is C35H34ClN3O10S. The minimum absolute atomic E-state index is 0.0105. The Kier molecular flexibility index (Phi) is 9.85. The zero-order valence-corrected chi connectivity index (χ0v) is 28.7. The smallest absolute Gasteiger partial charge is 0.330 e. The van der Waals surface area contributed by atoms with Gasteiger partial charge in [0.25, 0.3) is 21.4 Å². The summed E-state index contributed by atoms with van der Waals surface area (Å²) in [5.74, 6) is 2.98. The molecule has 1 N–H and O–H groups in total. The molecule has 50 heavy (non-hydrogen) atoms. The summed E-state index contributed by atoms with van der Waals surface area (Å²) >= 11 is 7.08. The average molecular weight is 724 g/mol. The molecule has 7 rings (SSSR count). The molecular weight excluding hydrogens is 690 g/mol. The van der Waals surface area contributed by atoms with Crippen molar-refractivity contribution in [1.82, 2.24) is 0 Å². The van der Waals surface area contributed by atoms with E-state index in [9.17, 15) is 33.4 Å². The van der Waals surface area contributed by atoms with E-state index in [2.05, 4.69) is 4.72 Å². The Labute approximate surface area is 293 Å². The lowest BCUT2D eigenvalue weighted by molar-refractivity contribution is -0.396. The van der Waals surface area contributed by atoms with Crippen molar-refractivity contribution in [2.75, 3.05) is 18.9 Å². The summed E-state index contributed by atoms with van der Waals surface area (Å²) in [4.78, 5) is 31.9. The number of nitrogens with zero attached hydrogens (tertiary/aromatic N) is 2. The molecule has 3 aromatic rings. The normalized spacial score (nSPS) is 20.8.